The number of hydrogen-bond acceptors (Lipinski definition) is 27. The Kier molecular flexibility index (Phi) is 27.5. The first-order valence-corrected chi connectivity index (χ1v) is 20.6. The van der Waals surface area contributed by atoms with Crippen molar-refractivity contribution in [2.75, 3.05) is 111 Å². The van der Waals surface area contributed by atoms with Crippen LogP contribution in [0.4, 0.5) is 47.1 Å². The van der Waals surface area contributed by atoms with Gasteiger partial charge in [-0.05, 0) is 35.4 Å². The van der Waals surface area contributed by atoms with Gasteiger partial charge in [0, 0.05) is 42.4 Å². The molecule has 2 aromatic carbocycles. The van der Waals surface area contributed by atoms with Gasteiger partial charge in [0.1, 0.15) is 10.1 Å². The van der Waals surface area contributed by atoms with E-state index < -0.39 is 40.4 Å². The molecule has 4 rings (SSSR count). The van der Waals surface area contributed by atoms with E-state index in [2.05, 4.69) is 71.2 Å². The molecular weight excluding hydrogens is 911 g/mol. The van der Waals surface area contributed by atoms with Crippen molar-refractivity contribution in [3.63, 3.8) is 0 Å². The minimum atomic E-state index is -5.08. The van der Waals surface area contributed by atoms with E-state index in [4.69, 9.17) is 19.7 Å². The molecule has 2 atom stereocenters. The summed E-state index contributed by atoms with van der Waals surface area (Å²) >= 11 is 0.525. The van der Waals surface area contributed by atoms with E-state index in [1.54, 1.807) is 12.1 Å². The molecule has 64 heavy (non-hydrogen) atoms. The Bertz CT molecular complexity index is 2140. The summed E-state index contributed by atoms with van der Waals surface area (Å²) in [5.41, 5.74) is 0.846. The number of nitrogens with one attached hydrogen (secondary N) is 6. The van der Waals surface area contributed by atoms with Crippen molar-refractivity contribution in [1.82, 2.24) is 29.9 Å². The summed E-state index contributed by atoms with van der Waals surface area (Å²) in [6, 6.07) is 8.59. The summed E-state index contributed by atoms with van der Waals surface area (Å²) in [6.07, 6.45) is 0.590. The molecular formula is C34H46N12Na2O14S2. The molecule has 0 amide bonds. The second kappa shape index (κ2) is 30.9. The molecule has 2 heterocycles. The van der Waals surface area contributed by atoms with Crippen molar-refractivity contribution in [1.29, 1.82) is 0 Å². The summed E-state index contributed by atoms with van der Waals surface area (Å²) in [7, 11) is -5.08. The first-order chi connectivity index (χ1) is 29.9. The van der Waals surface area contributed by atoms with E-state index in [1.165, 1.54) is 30.4 Å². The van der Waals surface area contributed by atoms with Crippen LogP contribution in [0.25, 0.3) is 12.2 Å². The Morgan fingerprint density at radius 2 is 1.08 bits per heavy atom. The van der Waals surface area contributed by atoms with Crippen LogP contribution >= 0.6 is 12.0 Å². The van der Waals surface area contributed by atoms with Crippen LogP contribution in [0.1, 0.15) is 11.1 Å². The molecule has 2 unspecified atom stereocenters. The average Bonchev–Trinajstić information content (AvgIpc) is 3.26. The molecule has 4 aromatic rings. The predicted octanol–water partition coefficient (Wildman–Crippen LogP) is -7.77. The minimum Gasteiger partial charge on any atom is -0.744 e. The Labute approximate surface area is 415 Å². The first kappa shape index (κ1) is 56.9. The van der Waals surface area contributed by atoms with E-state index in [9.17, 15) is 38.7 Å². The molecule has 26 nitrogen and oxygen atoms in total. The number of rotatable bonds is 30. The smallest absolute Gasteiger partial charge is 0.744 e. The van der Waals surface area contributed by atoms with Crippen molar-refractivity contribution < 1.29 is 127 Å². The number of ether oxygens (including phenoxy) is 2. The zero-order valence-corrected chi connectivity index (χ0v) is 40.3. The van der Waals surface area contributed by atoms with Gasteiger partial charge >= 0.3 is 59.1 Å². The fourth-order valence-electron chi connectivity index (χ4n) is 4.81. The summed E-state index contributed by atoms with van der Waals surface area (Å²) in [5, 5.41) is 87.4. The third-order valence-electron chi connectivity index (χ3n) is 7.62. The molecule has 0 radical (unpaired) electrons. The van der Waals surface area contributed by atoms with Crippen LogP contribution in [0.3, 0.4) is 0 Å². The SMILES string of the molecule is O=S(=O)([O-])c1cc(Nc2nc(NCCOCCO)nc(NCC(O)CO)n2)ccc1C=Cc1ccc(Nc2nc(NCCOCCO)nc(NCC(O)CO)n2)cc1SOO[O-].[Na+].[Na+]. The Hall–Kier alpha value is -3.18. The van der Waals surface area contributed by atoms with Crippen molar-refractivity contribution in [3.8, 4) is 0 Å². The van der Waals surface area contributed by atoms with Gasteiger partial charge in [-0.25, -0.2) is 8.42 Å². The Morgan fingerprint density at radius 1 is 0.641 bits per heavy atom. The van der Waals surface area contributed by atoms with Crippen LogP contribution < -0.4 is 96.3 Å². The normalized spacial score (nSPS) is 12.2. The standard InChI is InChI=1S/C34H48N12O14S2.2Na/c47-9-13-57-11-7-35-29-41-31(37-17-25(51)19-49)45-33(43-29)39-23-5-3-21(27(15-23)61-60-59-53)1-2-22-4-6-24(16-28(22)62(54,55)56)40-34-44-30(36-8-12-58-14-10-48)42-32(46-34)38-18-26(52)20-50;;/h1-6,15-16,25-26,47-53H,7-14,17-20H2,(H,54,55,56)(H3,35,37,39,41,43,45)(H3,36,38,40,42,44,46);;/q;2*+1/p-2. The summed E-state index contributed by atoms with van der Waals surface area (Å²) < 4.78 is 52.6. The molecule has 0 aliphatic rings. The van der Waals surface area contributed by atoms with E-state index in [0.717, 1.165) is 6.07 Å². The third-order valence-corrected chi connectivity index (χ3v) is 9.17. The van der Waals surface area contributed by atoms with Crippen molar-refractivity contribution in [3.05, 3.63) is 47.5 Å². The molecule has 0 bridgehead atoms. The van der Waals surface area contributed by atoms with E-state index in [-0.39, 0.29) is 177 Å². The van der Waals surface area contributed by atoms with Gasteiger partial charge in [0.2, 0.25) is 35.7 Å². The van der Waals surface area contributed by atoms with Crippen LogP contribution in [0.5, 0.6) is 0 Å². The molecule has 30 heteroatoms. The van der Waals surface area contributed by atoms with E-state index >= 15 is 0 Å². The fraction of sp³-hybridized carbons (Fsp3) is 0.412. The predicted molar refractivity (Wildman–Crippen MR) is 220 cm³/mol. The van der Waals surface area contributed by atoms with Crippen molar-refractivity contribution in [2.45, 2.75) is 22.0 Å². The molecule has 0 aliphatic heterocycles. The monoisotopic (exact) mass is 956 g/mol. The van der Waals surface area contributed by atoms with Gasteiger partial charge in [-0.2, -0.15) is 34.2 Å². The van der Waals surface area contributed by atoms with Crippen LogP contribution in [0.2, 0.25) is 0 Å². The van der Waals surface area contributed by atoms with Gasteiger partial charge in [0.05, 0.1) is 82.0 Å². The largest absolute Gasteiger partial charge is 1.00 e. The topological polar surface area (TPSA) is 388 Å². The fourth-order valence-corrected chi connectivity index (χ4v) is 6.01. The molecule has 340 valence electrons. The van der Waals surface area contributed by atoms with E-state index in [0.29, 0.717) is 23.3 Å². The number of hydrogen-bond donors (Lipinski definition) is 12. The van der Waals surface area contributed by atoms with Gasteiger partial charge < -0.3 is 81.8 Å². The molecule has 0 aliphatic carbocycles. The van der Waals surface area contributed by atoms with Crippen LogP contribution in [0, 0.1) is 0 Å². The zero-order valence-electron chi connectivity index (χ0n) is 34.7. The van der Waals surface area contributed by atoms with Crippen molar-refractivity contribution >= 4 is 81.4 Å². The van der Waals surface area contributed by atoms with Gasteiger partial charge in [0.25, 0.3) is 0 Å². The average molecular weight is 957 g/mol. The number of nitrogens with zero attached hydrogens (tertiary/aromatic N) is 6. The maximum absolute atomic E-state index is 12.5. The maximum atomic E-state index is 12.5. The Balaban J connectivity index is 0.00000704. The van der Waals surface area contributed by atoms with Crippen LogP contribution in [-0.2, 0) is 29.0 Å². The molecule has 12 N–H and O–H groups in total. The number of aromatic nitrogens is 6. The molecule has 0 spiro atoms. The first-order valence-electron chi connectivity index (χ1n) is 18.5. The van der Waals surface area contributed by atoms with Gasteiger partial charge in [-0.1, -0.05) is 24.3 Å². The number of aliphatic hydroxyl groups is 6. The molecule has 0 fully saturated rings. The van der Waals surface area contributed by atoms with Gasteiger partial charge in [-0.3, -0.25) is 5.04 Å². The quantitative estimate of drug-likeness (QED) is 0.00439. The zero-order chi connectivity index (χ0) is 44.7. The van der Waals surface area contributed by atoms with Crippen LogP contribution in [-0.4, -0.2) is 165 Å². The summed E-state index contributed by atoms with van der Waals surface area (Å²) in [5.74, 6) is 0.129. The second-order valence-electron chi connectivity index (χ2n) is 12.3. The molecule has 2 aromatic heterocycles. The molecule has 0 saturated heterocycles. The van der Waals surface area contributed by atoms with E-state index in [1.807, 2.05) is 0 Å². The Morgan fingerprint density at radius 3 is 1.53 bits per heavy atom. The number of benzene rings is 2. The second-order valence-corrected chi connectivity index (χ2v) is 14.4. The minimum absolute atomic E-state index is 0. The van der Waals surface area contributed by atoms with Gasteiger partial charge in [0.15, 0.2) is 0 Å². The third kappa shape index (κ3) is 20.6. The van der Waals surface area contributed by atoms with Crippen molar-refractivity contribution in [2.24, 2.45) is 0 Å². The maximum Gasteiger partial charge on any atom is 1.00 e. The number of anilines is 8. The summed E-state index contributed by atoms with van der Waals surface area (Å²) in [6.45, 7) is -0.345. The van der Waals surface area contributed by atoms with Crippen LogP contribution in [0.15, 0.2) is 46.2 Å². The van der Waals surface area contributed by atoms with Gasteiger partial charge in [-0.15, -0.1) is 0 Å². The molecule has 0 saturated carbocycles. The summed E-state index contributed by atoms with van der Waals surface area (Å²) in [4.78, 5) is 25.2. The number of aliphatic hydroxyl groups excluding tert-OH is 6.